The van der Waals surface area contributed by atoms with E-state index in [0.717, 1.165) is 66.1 Å². The van der Waals surface area contributed by atoms with Gasteiger partial charge in [0, 0.05) is 56.8 Å². The molecule has 10 nitrogen and oxygen atoms in total. The van der Waals surface area contributed by atoms with Crippen LogP contribution >= 0.6 is 0 Å². The summed E-state index contributed by atoms with van der Waals surface area (Å²) < 4.78 is 19.5. The average molecular weight is 600 g/mol. The Hall–Kier alpha value is -3.73. The molecule has 2 aromatic heterocycles. The zero-order valence-corrected chi connectivity index (χ0v) is 25.3. The van der Waals surface area contributed by atoms with E-state index in [4.69, 9.17) is 18.9 Å². The number of fused-ring (bicyclic) bond motifs is 1. The van der Waals surface area contributed by atoms with Crippen LogP contribution in [-0.4, -0.2) is 82.0 Å². The molecule has 2 N–H and O–H groups in total. The van der Waals surface area contributed by atoms with Gasteiger partial charge < -0.3 is 33.8 Å². The molecule has 0 bridgehead atoms. The number of aliphatic hydroxyl groups is 1. The van der Waals surface area contributed by atoms with E-state index >= 15 is 0 Å². The fraction of sp³-hybridized carbons (Fsp3) is 0.500. The minimum Gasteiger partial charge on any atom is -0.493 e. The highest BCUT2D eigenvalue weighted by Crippen LogP contribution is 2.42. The summed E-state index contributed by atoms with van der Waals surface area (Å²) in [5, 5.41) is 15.1. The van der Waals surface area contributed by atoms with Gasteiger partial charge in [-0.15, -0.1) is 0 Å². The van der Waals surface area contributed by atoms with Crippen LogP contribution in [0.4, 0.5) is 0 Å². The Morgan fingerprint density at radius 1 is 1.16 bits per heavy atom. The number of hydrogen-bond acceptors (Lipinski definition) is 8. The number of nitrogens with one attached hydrogen (secondary N) is 1. The molecular formula is C34H41N5O5. The van der Waals surface area contributed by atoms with Gasteiger partial charge in [-0.1, -0.05) is 43.2 Å². The van der Waals surface area contributed by atoms with Gasteiger partial charge in [-0.3, -0.25) is 4.79 Å². The lowest BCUT2D eigenvalue weighted by molar-refractivity contribution is -0.0893. The number of aromatic nitrogens is 3. The van der Waals surface area contributed by atoms with Crippen LogP contribution in [0, 0.1) is 0 Å². The Kier molecular flexibility index (Phi) is 8.14. The number of methoxy groups -OCH3 is 1. The number of nitrogens with zero attached hydrogens (tertiary/aromatic N) is 4. The molecule has 1 aliphatic heterocycles. The van der Waals surface area contributed by atoms with Gasteiger partial charge in [0.05, 0.1) is 31.3 Å². The van der Waals surface area contributed by atoms with E-state index in [1.54, 1.807) is 13.4 Å². The lowest BCUT2D eigenvalue weighted by Gasteiger charge is -2.41. The summed E-state index contributed by atoms with van der Waals surface area (Å²) in [4.78, 5) is 25.6. The van der Waals surface area contributed by atoms with Gasteiger partial charge in [0.15, 0.2) is 17.2 Å². The molecule has 0 radical (unpaired) electrons. The molecule has 3 fully saturated rings. The Bertz CT molecular complexity index is 1590. The molecular weight excluding hydrogens is 558 g/mol. The van der Waals surface area contributed by atoms with Gasteiger partial charge in [-0.05, 0) is 37.8 Å². The summed E-state index contributed by atoms with van der Waals surface area (Å²) >= 11 is 0. The maximum Gasteiger partial charge on any atom is 0.275 e. The van der Waals surface area contributed by atoms with Crippen molar-refractivity contribution in [1.29, 1.82) is 0 Å². The van der Waals surface area contributed by atoms with Crippen LogP contribution in [0.1, 0.15) is 73.3 Å². The predicted octanol–water partition coefficient (Wildman–Crippen LogP) is 4.94. The smallest absolute Gasteiger partial charge is 0.275 e. The molecule has 4 aromatic rings. The molecule has 232 valence electrons. The topological polar surface area (TPSA) is 115 Å². The molecule has 2 aromatic carbocycles. The second-order valence-corrected chi connectivity index (χ2v) is 12.5. The predicted molar refractivity (Wildman–Crippen MR) is 166 cm³/mol. The number of rotatable bonds is 10. The maximum atomic E-state index is 14.3. The van der Waals surface area contributed by atoms with E-state index in [1.807, 2.05) is 58.0 Å². The van der Waals surface area contributed by atoms with Gasteiger partial charge in [0.25, 0.3) is 5.91 Å². The van der Waals surface area contributed by atoms with Gasteiger partial charge in [-0.25, -0.2) is 9.97 Å². The van der Waals surface area contributed by atoms with E-state index in [0.29, 0.717) is 50.7 Å². The fourth-order valence-corrected chi connectivity index (χ4v) is 6.91. The third-order valence-corrected chi connectivity index (χ3v) is 9.36. The summed E-state index contributed by atoms with van der Waals surface area (Å²) in [6, 6.07) is 15.4. The molecule has 2 saturated carbocycles. The van der Waals surface area contributed by atoms with E-state index in [2.05, 4.69) is 10.3 Å². The first kappa shape index (κ1) is 29.0. The first-order valence-corrected chi connectivity index (χ1v) is 15.9. The van der Waals surface area contributed by atoms with Crippen molar-refractivity contribution in [3.63, 3.8) is 0 Å². The van der Waals surface area contributed by atoms with Gasteiger partial charge >= 0.3 is 0 Å². The summed E-state index contributed by atoms with van der Waals surface area (Å²) in [6.45, 7) is 2.67. The third kappa shape index (κ3) is 5.74. The quantitative estimate of drug-likeness (QED) is 0.263. The number of amides is 1. The lowest BCUT2D eigenvalue weighted by Crippen LogP contribution is -2.54. The lowest BCUT2D eigenvalue weighted by atomic mass is 9.80. The minimum absolute atomic E-state index is 0.0534. The first-order valence-electron chi connectivity index (χ1n) is 15.9. The normalized spacial score (nSPS) is 24.1. The maximum absolute atomic E-state index is 14.3. The highest BCUT2D eigenvalue weighted by Gasteiger charge is 2.42. The second-order valence-electron chi connectivity index (χ2n) is 12.5. The third-order valence-electron chi connectivity index (χ3n) is 9.36. The number of carbonyl (C=O) groups excluding carboxylic acids is 1. The van der Waals surface area contributed by atoms with Crippen molar-refractivity contribution in [1.82, 2.24) is 24.8 Å². The number of hydrogen-bond donors (Lipinski definition) is 2. The Morgan fingerprint density at radius 2 is 2.02 bits per heavy atom. The van der Waals surface area contributed by atoms with Crippen molar-refractivity contribution in [2.75, 3.05) is 40.0 Å². The van der Waals surface area contributed by atoms with Gasteiger partial charge in [-0.2, -0.15) is 0 Å². The highest BCUT2D eigenvalue weighted by atomic mass is 16.5. The van der Waals surface area contributed by atoms with Crippen LogP contribution in [0.3, 0.4) is 0 Å². The number of ether oxygens (including phenoxy) is 2. The largest absolute Gasteiger partial charge is 0.493 e. The molecule has 0 unspecified atom stereocenters. The Labute approximate surface area is 257 Å². The van der Waals surface area contributed by atoms with Crippen molar-refractivity contribution >= 4 is 17.0 Å². The van der Waals surface area contributed by atoms with E-state index in [-0.39, 0.29) is 24.6 Å². The zero-order chi connectivity index (χ0) is 30.1. The monoisotopic (exact) mass is 599 g/mol. The molecule has 2 aliphatic carbocycles. The molecule has 3 heterocycles. The minimum atomic E-state index is -1.03. The molecule has 1 amide bonds. The fourth-order valence-electron chi connectivity index (χ4n) is 6.91. The summed E-state index contributed by atoms with van der Waals surface area (Å²) in [6.07, 6.45) is 8.07. The molecule has 7 rings (SSSR count). The molecule has 3 aliphatic rings. The van der Waals surface area contributed by atoms with Crippen molar-refractivity contribution in [3.05, 3.63) is 66.4 Å². The zero-order valence-electron chi connectivity index (χ0n) is 25.3. The van der Waals surface area contributed by atoms with Crippen LogP contribution < -0.4 is 10.1 Å². The molecule has 44 heavy (non-hydrogen) atoms. The SMILES string of the molecule is COC[C@]1(O)CCCC[C@H]1n1cnc(C(=O)N2CCNC[C@H]2CCOc2ccc3oc(C4CC4)nc3c2)c1-c1ccccc1. The van der Waals surface area contributed by atoms with Crippen molar-refractivity contribution in [3.8, 4) is 17.0 Å². The van der Waals surface area contributed by atoms with E-state index in [9.17, 15) is 9.90 Å². The summed E-state index contributed by atoms with van der Waals surface area (Å²) in [5.41, 5.74) is 2.65. The van der Waals surface area contributed by atoms with Crippen LogP contribution in [0.5, 0.6) is 5.75 Å². The average Bonchev–Trinajstić information content (AvgIpc) is 3.66. The molecule has 3 atom stereocenters. The number of carbonyl (C=O) groups is 1. The second kappa shape index (κ2) is 12.3. The standard InChI is InChI=1S/C34H41N5O5/c1-42-21-34(41)15-6-5-9-29(34)39-22-36-30(31(39)23-7-3-2-4-8-23)33(40)38-17-16-35-20-25(38)14-18-43-26-12-13-28-27(19-26)37-32(44-28)24-10-11-24/h2-4,7-8,12-13,19,22,24-25,29,35,41H,5-6,9-11,14-18,20-21H2,1H3/t25-,29-,34-/m1/s1. The summed E-state index contributed by atoms with van der Waals surface area (Å²) in [7, 11) is 1.62. The van der Waals surface area contributed by atoms with Crippen LogP contribution in [0.15, 0.2) is 59.3 Å². The first-order chi connectivity index (χ1) is 21.5. The Balaban J connectivity index is 1.11. The van der Waals surface area contributed by atoms with Crippen LogP contribution in [0.2, 0.25) is 0 Å². The van der Waals surface area contributed by atoms with Crippen LogP contribution in [-0.2, 0) is 4.74 Å². The van der Waals surface area contributed by atoms with Gasteiger partial charge in [0.2, 0.25) is 0 Å². The van der Waals surface area contributed by atoms with Crippen molar-refractivity contribution in [2.24, 2.45) is 0 Å². The Morgan fingerprint density at radius 3 is 2.84 bits per heavy atom. The van der Waals surface area contributed by atoms with Crippen molar-refractivity contribution < 1.29 is 23.8 Å². The molecule has 0 spiro atoms. The van der Waals surface area contributed by atoms with Crippen LogP contribution in [0.25, 0.3) is 22.4 Å². The summed E-state index contributed by atoms with van der Waals surface area (Å²) in [5.74, 6) is 1.93. The van der Waals surface area contributed by atoms with E-state index in [1.165, 1.54) is 0 Å². The molecule has 1 saturated heterocycles. The number of piperazine rings is 1. The van der Waals surface area contributed by atoms with E-state index < -0.39 is 5.60 Å². The number of imidazole rings is 1. The highest BCUT2D eigenvalue weighted by molar-refractivity contribution is 5.98. The number of oxazole rings is 1. The molecule has 10 heteroatoms. The van der Waals surface area contributed by atoms with Crippen molar-refractivity contribution in [2.45, 2.75) is 68.5 Å². The van der Waals surface area contributed by atoms with Gasteiger partial charge in [0.1, 0.15) is 16.9 Å². The number of benzene rings is 2.